The number of piperidine rings is 1. The fourth-order valence-electron chi connectivity index (χ4n) is 4.07. The van der Waals surface area contributed by atoms with Gasteiger partial charge in [-0.2, -0.15) is 4.98 Å². The average Bonchev–Trinajstić information content (AvgIpc) is 2.67. The van der Waals surface area contributed by atoms with Gasteiger partial charge in [0.1, 0.15) is 11.6 Å². The molecule has 2 aliphatic rings. The van der Waals surface area contributed by atoms with Crippen molar-refractivity contribution >= 4 is 29.2 Å². The van der Waals surface area contributed by atoms with Crippen LogP contribution in [0.5, 0.6) is 0 Å². The second-order valence-electron chi connectivity index (χ2n) is 7.68. The summed E-state index contributed by atoms with van der Waals surface area (Å²) < 4.78 is 0. The van der Waals surface area contributed by atoms with Gasteiger partial charge in [-0.1, -0.05) is 6.42 Å². The van der Waals surface area contributed by atoms with Crippen molar-refractivity contribution in [2.45, 2.75) is 39.0 Å². The molecule has 4 N–H and O–H groups in total. The first-order chi connectivity index (χ1) is 13.6. The number of hydrogen-bond donors (Lipinski definition) is 3. The van der Waals surface area contributed by atoms with Crippen LogP contribution in [0.15, 0.2) is 18.3 Å². The van der Waals surface area contributed by atoms with Gasteiger partial charge in [0.05, 0.1) is 11.3 Å². The second kappa shape index (κ2) is 8.00. The van der Waals surface area contributed by atoms with Crippen LogP contribution in [-0.4, -0.2) is 40.5 Å². The highest BCUT2D eigenvalue weighted by molar-refractivity contribution is 6.07. The molecule has 148 valence electrons. The zero-order chi connectivity index (χ0) is 19.5. The van der Waals surface area contributed by atoms with E-state index in [1.54, 1.807) is 12.3 Å². The Kier molecular flexibility index (Phi) is 5.27. The molecule has 8 heteroatoms. The van der Waals surface area contributed by atoms with Gasteiger partial charge in [0.15, 0.2) is 0 Å². The number of anilines is 4. The molecule has 1 unspecified atom stereocenters. The summed E-state index contributed by atoms with van der Waals surface area (Å²) >= 11 is 0. The van der Waals surface area contributed by atoms with Crippen LogP contribution in [0.3, 0.4) is 0 Å². The summed E-state index contributed by atoms with van der Waals surface area (Å²) in [5, 5.41) is 6.18. The molecule has 2 aromatic heterocycles. The first-order valence-corrected chi connectivity index (χ1v) is 10.00. The zero-order valence-corrected chi connectivity index (χ0v) is 16.2. The molecule has 4 heterocycles. The molecule has 0 aromatic carbocycles. The molecule has 0 radical (unpaired) electrons. The molecule has 1 atom stereocenters. The van der Waals surface area contributed by atoms with Crippen LogP contribution in [0.2, 0.25) is 0 Å². The lowest BCUT2D eigenvalue weighted by Crippen LogP contribution is -2.36. The summed E-state index contributed by atoms with van der Waals surface area (Å²) in [5.41, 5.74) is 8.13. The standard InChI is InChI=1S/C20H27N7O/c1-13-9-18-25-19(28)15-11-23-17(21)10-16(15)27-8-4-6-14(12-27)5-2-3-7-22-20(24-13)26-18/h9-11,14H,2-8,12H2,1H3,(H2,21,23)(H2,22,24,25,26,28). The van der Waals surface area contributed by atoms with Gasteiger partial charge >= 0.3 is 0 Å². The van der Waals surface area contributed by atoms with E-state index < -0.39 is 0 Å². The van der Waals surface area contributed by atoms with Gasteiger partial charge in [0.25, 0.3) is 5.91 Å². The van der Waals surface area contributed by atoms with Crippen molar-refractivity contribution in [3.8, 4) is 0 Å². The minimum absolute atomic E-state index is 0.233. The number of rotatable bonds is 0. The number of nitrogens with one attached hydrogen (secondary N) is 2. The second-order valence-corrected chi connectivity index (χ2v) is 7.68. The van der Waals surface area contributed by atoms with Crippen molar-refractivity contribution in [1.82, 2.24) is 15.0 Å². The molecule has 0 saturated carbocycles. The van der Waals surface area contributed by atoms with Gasteiger partial charge < -0.3 is 21.3 Å². The molecule has 2 aromatic rings. The summed E-state index contributed by atoms with van der Waals surface area (Å²) in [5.74, 6) is 1.85. The smallest absolute Gasteiger partial charge is 0.260 e. The van der Waals surface area contributed by atoms with E-state index in [-0.39, 0.29) is 5.91 Å². The Morgan fingerprint density at radius 3 is 2.93 bits per heavy atom. The van der Waals surface area contributed by atoms with E-state index in [2.05, 4.69) is 30.5 Å². The first-order valence-electron chi connectivity index (χ1n) is 10.00. The topological polar surface area (TPSA) is 109 Å². The highest BCUT2D eigenvalue weighted by atomic mass is 16.1. The van der Waals surface area contributed by atoms with Gasteiger partial charge in [-0.3, -0.25) is 4.79 Å². The number of pyridine rings is 1. The third kappa shape index (κ3) is 4.16. The SMILES string of the molecule is Cc1cc2nc(n1)NCCCCC1CCCN(C1)c1cc(N)ncc1C(=O)N2. The van der Waals surface area contributed by atoms with Gasteiger partial charge in [-0.05, 0) is 38.5 Å². The fourth-order valence-corrected chi connectivity index (χ4v) is 4.07. The normalized spacial score (nSPS) is 20.2. The first kappa shape index (κ1) is 18.5. The van der Waals surface area contributed by atoms with E-state index in [1.165, 1.54) is 12.8 Å². The molecule has 0 spiro atoms. The predicted octanol–water partition coefficient (Wildman–Crippen LogP) is 2.83. The van der Waals surface area contributed by atoms with Crippen molar-refractivity contribution in [3.63, 3.8) is 0 Å². The fraction of sp³-hybridized carbons (Fsp3) is 0.500. The number of aromatic nitrogens is 3. The lowest BCUT2D eigenvalue weighted by Gasteiger charge is -2.35. The van der Waals surface area contributed by atoms with Crippen LogP contribution in [0.1, 0.15) is 48.2 Å². The molecular formula is C20H27N7O. The van der Waals surface area contributed by atoms with Crippen LogP contribution >= 0.6 is 0 Å². The number of nitrogens with zero attached hydrogens (tertiary/aromatic N) is 4. The number of nitrogen functional groups attached to an aromatic ring is 1. The number of amides is 1. The summed E-state index contributed by atoms with van der Waals surface area (Å²) in [6, 6.07) is 3.58. The predicted molar refractivity (Wildman–Crippen MR) is 111 cm³/mol. The van der Waals surface area contributed by atoms with E-state index >= 15 is 0 Å². The maximum absolute atomic E-state index is 13.0. The third-order valence-corrected chi connectivity index (χ3v) is 5.43. The number of nitrogens with two attached hydrogens (primary N) is 1. The lowest BCUT2D eigenvalue weighted by molar-refractivity contribution is 0.102. The maximum atomic E-state index is 13.0. The Balaban J connectivity index is 1.71. The number of aryl methyl sites for hydroxylation is 1. The highest BCUT2D eigenvalue weighted by Crippen LogP contribution is 2.30. The van der Waals surface area contributed by atoms with E-state index in [9.17, 15) is 4.79 Å². The van der Waals surface area contributed by atoms with Crippen LogP contribution in [0, 0.1) is 12.8 Å². The van der Waals surface area contributed by atoms with Crippen LogP contribution in [0.25, 0.3) is 0 Å². The van der Waals surface area contributed by atoms with Crippen molar-refractivity contribution < 1.29 is 4.79 Å². The van der Waals surface area contributed by atoms with Crippen molar-refractivity contribution in [2.75, 3.05) is 40.9 Å². The van der Waals surface area contributed by atoms with E-state index in [4.69, 9.17) is 5.73 Å². The summed E-state index contributed by atoms with van der Waals surface area (Å²) in [7, 11) is 0. The minimum atomic E-state index is -0.233. The zero-order valence-electron chi connectivity index (χ0n) is 16.2. The Labute approximate surface area is 165 Å². The van der Waals surface area contributed by atoms with Crippen LogP contribution in [-0.2, 0) is 0 Å². The Hall–Kier alpha value is -2.90. The average molecular weight is 381 g/mol. The van der Waals surface area contributed by atoms with Crippen molar-refractivity contribution in [3.05, 3.63) is 29.6 Å². The van der Waals surface area contributed by atoms with E-state index in [0.717, 1.165) is 50.3 Å². The monoisotopic (exact) mass is 381 g/mol. The summed E-state index contributed by atoms with van der Waals surface area (Å²) in [4.78, 5) is 28.3. The summed E-state index contributed by atoms with van der Waals surface area (Å²) in [6.45, 7) is 4.60. The molecule has 1 amide bonds. The Morgan fingerprint density at radius 1 is 1.18 bits per heavy atom. The molecule has 4 rings (SSSR count). The number of fused-ring (bicyclic) bond motifs is 6. The molecule has 1 saturated heterocycles. The quantitative estimate of drug-likeness (QED) is 0.644. The highest BCUT2D eigenvalue weighted by Gasteiger charge is 2.24. The lowest BCUT2D eigenvalue weighted by atomic mass is 9.92. The molecule has 0 aliphatic carbocycles. The number of hydrogen-bond acceptors (Lipinski definition) is 7. The Morgan fingerprint density at radius 2 is 2.04 bits per heavy atom. The van der Waals surface area contributed by atoms with Gasteiger partial charge in [-0.25, -0.2) is 9.97 Å². The third-order valence-electron chi connectivity index (χ3n) is 5.43. The van der Waals surface area contributed by atoms with Crippen molar-refractivity contribution in [1.29, 1.82) is 0 Å². The molecule has 8 nitrogen and oxygen atoms in total. The largest absolute Gasteiger partial charge is 0.384 e. The van der Waals surface area contributed by atoms with Gasteiger partial charge in [-0.15, -0.1) is 0 Å². The van der Waals surface area contributed by atoms with Crippen LogP contribution in [0.4, 0.5) is 23.3 Å². The maximum Gasteiger partial charge on any atom is 0.260 e. The van der Waals surface area contributed by atoms with E-state index in [1.807, 2.05) is 13.0 Å². The summed E-state index contributed by atoms with van der Waals surface area (Å²) in [6.07, 6.45) is 7.33. The molecule has 1 fully saturated rings. The molecule has 2 aliphatic heterocycles. The van der Waals surface area contributed by atoms with Gasteiger partial charge in [0.2, 0.25) is 5.95 Å². The van der Waals surface area contributed by atoms with Gasteiger partial charge in [0, 0.05) is 43.7 Å². The minimum Gasteiger partial charge on any atom is -0.384 e. The number of carbonyl (C=O) groups excluding carboxylic acids is 1. The molecular weight excluding hydrogens is 354 g/mol. The molecule has 28 heavy (non-hydrogen) atoms. The van der Waals surface area contributed by atoms with Crippen LogP contribution < -0.4 is 21.3 Å². The molecule has 4 bridgehead atoms. The van der Waals surface area contributed by atoms with E-state index in [0.29, 0.717) is 29.1 Å². The van der Waals surface area contributed by atoms with Crippen molar-refractivity contribution in [2.24, 2.45) is 5.92 Å². The Bertz CT molecular complexity index is 870. The number of carbonyl (C=O) groups is 1.